The Hall–Kier alpha value is -1.56. The van der Waals surface area contributed by atoms with Crippen molar-refractivity contribution in [2.24, 2.45) is 12.0 Å². The highest BCUT2D eigenvalue weighted by Crippen LogP contribution is 2.34. The maximum atomic E-state index is 5.84. The zero-order valence-electron chi connectivity index (χ0n) is 11.5. The molecule has 0 aliphatic carbocycles. The molecular formula is C13H21N5O. The Morgan fingerprint density at radius 3 is 3.05 bits per heavy atom. The molecule has 2 saturated heterocycles. The predicted octanol–water partition coefficient (Wildman–Crippen LogP) is 0.405. The first kappa shape index (κ1) is 12.5. The molecular weight excluding hydrogens is 242 g/mol. The third kappa shape index (κ3) is 2.58. The van der Waals surface area contributed by atoms with Gasteiger partial charge in [-0.2, -0.15) is 5.10 Å². The number of aliphatic imine (C=N–C) groups is 1. The molecule has 2 aliphatic rings. The van der Waals surface area contributed by atoms with Crippen LogP contribution in [0, 0.1) is 0 Å². The van der Waals surface area contributed by atoms with Gasteiger partial charge in [0.15, 0.2) is 5.96 Å². The van der Waals surface area contributed by atoms with Gasteiger partial charge in [-0.1, -0.05) is 0 Å². The molecule has 1 aromatic rings. The summed E-state index contributed by atoms with van der Waals surface area (Å²) < 4.78 is 7.70. The lowest BCUT2D eigenvalue weighted by Crippen LogP contribution is -2.47. The highest BCUT2D eigenvalue weighted by molar-refractivity contribution is 5.80. The van der Waals surface area contributed by atoms with Crippen molar-refractivity contribution in [3.05, 3.63) is 18.0 Å². The summed E-state index contributed by atoms with van der Waals surface area (Å²) >= 11 is 0. The fourth-order valence-corrected chi connectivity index (χ4v) is 2.91. The SMILES string of the molecule is CN=C(NCc1ccnn1C)NC1CC2CCC1O2. The first-order chi connectivity index (χ1) is 9.26. The van der Waals surface area contributed by atoms with Gasteiger partial charge in [0.25, 0.3) is 0 Å². The topological polar surface area (TPSA) is 63.5 Å². The van der Waals surface area contributed by atoms with Crippen LogP contribution in [0.3, 0.4) is 0 Å². The number of aromatic nitrogens is 2. The van der Waals surface area contributed by atoms with E-state index in [1.165, 1.54) is 12.8 Å². The average Bonchev–Trinajstić information content (AvgIpc) is 3.11. The molecule has 6 nitrogen and oxygen atoms in total. The molecule has 19 heavy (non-hydrogen) atoms. The van der Waals surface area contributed by atoms with Gasteiger partial charge in [-0.3, -0.25) is 9.67 Å². The van der Waals surface area contributed by atoms with E-state index in [0.29, 0.717) is 18.2 Å². The van der Waals surface area contributed by atoms with Crippen molar-refractivity contribution in [1.29, 1.82) is 0 Å². The molecule has 3 atom stereocenters. The number of aryl methyl sites for hydroxylation is 1. The van der Waals surface area contributed by atoms with Crippen molar-refractivity contribution >= 4 is 5.96 Å². The van der Waals surface area contributed by atoms with Gasteiger partial charge in [0.2, 0.25) is 0 Å². The van der Waals surface area contributed by atoms with Gasteiger partial charge in [-0.15, -0.1) is 0 Å². The fourth-order valence-electron chi connectivity index (χ4n) is 2.91. The molecule has 3 unspecified atom stereocenters. The third-order valence-electron chi connectivity index (χ3n) is 4.01. The molecule has 2 bridgehead atoms. The molecule has 0 spiro atoms. The van der Waals surface area contributed by atoms with Crippen LogP contribution in [0.2, 0.25) is 0 Å². The van der Waals surface area contributed by atoms with E-state index in [2.05, 4.69) is 20.7 Å². The second-order valence-electron chi connectivity index (χ2n) is 5.23. The Kier molecular flexibility index (Phi) is 3.42. The number of hydrogen-bond donors (Lipinski definition) is 2. The fraction of sp³-hybridized carbons (Fsp3) is 0.692. The molecule has 2 N–H and O–H groups in total. The van der Waals surface area contributed by atoms with Crippen LogP contribution in [0.15, 0.2) is 17.3 Å². The highest BCUT2D eigenvalue weighted by atomic mass is 16.5. The molecule has 2 fully saturated rings. The summed E-state index contributed by atoms with van der Waals surface area (Å²) in [5.74, 6) is 0.836. The van der Waals surface area contributed by atoms with Crippen molar-refractivity contribution in [3.63, 3.8) is 0 Å². The van der Waals surface area contributed by atoms with Crippen LogP contribution in [-0.2, 0) is 18.3 Å². The van der Waals surface area contributed by atoms with Crippen molar-refractivity contribution in [3.8, 4) is 0 Å². The zero-order chi connectivity index (χ0) is 13.2. The molecule has 3 heterocycles. The Morgan fingerprint density at radius 1 is 1.58 bits per heavy atom. The van der Waals surface area contributed by atoms with Gasteiger partial charge in [-0.05, 0) is 25.3 Å². The largest absolute Gasteiger partial charge is 0.373 e. The van der Waals surface area contributed by atoms with E-state index in [-0.39, 0.29) is 0 Å². The minimum atomic E-state index is 0.361. The van der Waals surface area contributed by atoms with E-state index < -0.39 is 0 Å². The van der Waals surface area contributed by atoms with Gasteiger partial charge < -0.3 is 15.4 Å². The van der Waals surface area contributed by atoms with Gasteiger partial charge >= 0.3 is 0 Å². The lowest BCUT2D eigenvalue weighted by atomic mass is 9.96. The van der Waals surface area contributed by atoms with Gasteiger partial charge in [-0.25, -0.2) is 0 Å². The molecule has 6 heteroatoms. The van der Waals surface area contributed by atoms with Gasteiger partial charge in [0.1, 0.15) is 0 Å². The standard InChI is InChI=1S/C13H21N5O/c1-14-13(15-8-9-5-6-16-18(9)2)17-11-7-10-3-4-12(11)19-10/h5-6,10-12H,3-4,7-8H2,1-2H3,(H2,14,15,17). The van der Waals surface area contributed by atoms with Crippen LogP contribution in [0.5, 0.6) is 0 Å². The Morgan fingerprint density at radius 2 is 2.47 bits per heavy atom. The predicted molar refractivity (Wildman–Crippen MR) is 72.8 cm³/mol. The minimum Gasteiger partial charge on any atom is -0.373 e. The van der Waals surface area contributed by atoms with Crippen LogP contribution in [0.25, 0.3) is 0 Å². The molecule has 0 aromatic carbocycles. The van der Waals surface area contributed by atoms with Crippen molar-refractivity contribution in [1.82, 2.24) is 20.4 Å². The van der Waals surface area contributed by atoms with Gasteiger partial charge in [0, 0.05) is 20.3 Å². The van der Waals surface area contributed by atoms with E-state index >= 15 is 0 Å². The average molecular weight is 263 g/mol. The Labute approximate surface area is 113 Å². The lowest BCUT2D eigenvalue weighted by Gasteiger charge is -2.22. The molecule has 0 radical (unpaired) electrons. The summed E-state index contributed by atoms with van der Waals surface area (Å²) in [6.07, 6.45) is 6.09. The number of fused-ring (bicyclic) bond motifs is 2. The number of ether oxygens (including phenoxy) is 1. The first-order valence-electron chi connectivity index (χ1n) is 6.86. The summed E-state index contributed by atoms with van der Waals surface area (Å²) in [6.45, 7) is 0.720. The molecule has 104 valence electrons. The molecule has 0 saturated carbocycles. The number of hydrogen-bond acceptors (Lipinski definition) is 3. The van der Waals surface area contributed by atoms with Crippen LogP contribution in [0.1, 0.15) is 25.0 Å². The molecule has 2 aliphatic heterocycles. The quantitative estimate of drug-likeness (QED) is 0.612. The number of guanidine groups is 1. The summed E-state index contributed by atoms with van der Waals surface area (Å²) in [7, 11) is 3.74. The first-order valence-corrected chi connectivity index (χ1v) is 6.86. The monoisotopic (exact) mass is 263 g/mol. The lowest BCUT2D eigenvalue weighted by molar-refractivity contribution is 0.0992. The van der Waals surface area contributed by atoms with Gasteiger partial charge in [0.05, 0.1) is 30.5 Å². The molecule has 0 amide bonds. The third-order valence-corrected chi connectivity index (χ3v) is 4.01. The minimum absolute atomic E-state index is 0.361. The van der Waals surface area contributed by atoms with Crippen LogP contribution >= 0.6 is 0 Å². The van der Waals surface area contributed by atoms with Crippen LogP contribution in [-0.4, -0.2) is 41.0 Å². The maximum absolute atomic E-state index is 5.84. The summed E-state index contributed by atoms with van der Waals surface area (Å²) in [4.78, 5) is 4.27. The Balaban J connectivity index is 1.53. The van der Waals surface area contributed by atoms with E-state index in [0.717, 1.165) is 24.6 Å². The summed E-state index contributed by atoms with van der Waals surface area (Å²) in [5, 5.41) is 10.9. The van der Waals surface area contributed by atoms with E-state index in [1.807, 2.05) is 17.8 Å². The highest BCUT2D eigenvalue weighted by Gasteiger charge is 2.41. The molecule has 3 rings (SSSR count). The number of rotatable bonds is 3. The van der Waals surface area contributed by atoms with Crippen molar-refractivity contribution in [2.75, 3.05) is 7.05 Å². The van der Waals surface area contributed by atoms with E-state index in [4.69, 9.17) is 4.74 Å². The smallest absolute Gasteiger partial charge is 0.191 e. The van der Waals surface area contributed by atoms with E-state index in [9.17, 15) is 0 Å². The second-order valence-corrected chi connectivity index (χ2v) is 5.23. The van der Waals surface area contributed by atoms with Crippen LogP contribution in [0.4, 0.5) is 0 Å². The van der Waals surface area contributed by atoms with Crippen molar-refractivity contribution in [2.45, 2.75) is 44.1 Å². The Bertz CT molecular complexity index is 469. The normalized spacial score (nSPS) is 29.8. The summed E-state index contributed by atoms with van der Waals surface area (Å²) in [5.41, 5.74) is 1.13. The van der Waals surface area contributed by atoms with Crippen molar-refractivity contribution < 1.29 is 4.74 Å². The molecule has 1 aromatic heterocycles. The number of nitrogens with zero attached hydrogens (tertiary/aromatic N) is 3. The zero-order valence-corrected chi connectivity index (χ0v) is 11.5. The second kappa shape index (κ2) is 5.21. The summed E-state index contributed by atoms with van der Waals surface area (Å²) in [6, 6.07) is 2.40. The van der Waals surface area contributed by atoms with E-state index in [1.54, 1.807) is 13.2 Å². The van der Waals surface area contributed by atoms with Crippen LogP contribution < -0.4 is 10.6 Å². The maximum Gasteiger partial charge on any atom is 0.191 e. The number of nitrogens with one attached hydrogen (secondary N) is 2.